The third kappa shape index (κ3) is 4.92. The van der Waals surface area contributed by atoms with Gasteiger partial charge in [0.25, 0.3) is 15.9 Å². The van der Waals surface area contributed by atoms with Crippen LogP contribution in [0.15, 0.2) is 52.9 Å². The molecule has 0 saturated carbocycles. The molecule has 1 unspecified atom stereocenters. The number of benzene rings is 1. The van der Waals surface area contributed by atoms with Crippen molar-refractivity contribution < 1.29 is 23.1 Å². The minimum atomic E-state index is -3.67. The number of hydrazine groups is 1. The lowest BCUT2D eigenvalue weighted by Crippen LogP contribution is -2.50. The zero-order valence-electron chi connectivity index (χ0n) is 17.8. The summed E-state index contributed by atoms with van der Waals surface area (Å²) in [6.07, 6.45) is 2.31. The summed E-state index contributed by atoms with van der Waals surface area (Å²) in [5.74, 6) is -2.25. The molecule has 3 heterocycles. The van der Waals surface area contributed by atoms with Crippen LogP contribution in [-0.4, -0.2) is 52.5 Å². The highest BCUT2D eigenvalue weighted by Gasteiger charge is 2.34. The first kappa shape index (κ1) is 23.0. The fourth-order valence-electron chi connectivity index (χ4n) is 3.57. The van der Waals surface area contributed by atoms with Crippen LogP contribution in [0.4, 0.5) is 0 Å². The van der Waals surface area contributed by atoms with Crippen LogP contribution in [0, 0.1) is 12.8 Å². The Morgan fingerprint density at radius 1 is 1.15 bits per heavy atom. The summed E-state index contributed by atoms with van der Waals surface area (Å²) < 4.78 is 28.7. The van der Waals surface area contributed by atoms with Crippen molar-refractivity contribution in [1.29, 1.82) is 0 Å². The van der Waals surface area contributed by atoms with Crippen molar-refractivity contribution in [3.8, 4) is 11.4 Å². The molecule has 1 aromatic carbocycles. The molecule has 12 heteroatoms. The van der Waals surface area contributed by atoms with Gasteiger partial charge in [-0.25, -0.2) is 13.1 Å². The predicted molar refractivity (Wildman–Crippen MR) is 121 cm³/mol. The van der Waals surface area contributed by atoms with E-state index in [1.807, 2.05) is 13.0 Å². The molecule has 0 bridgehead atoms. The zero-order chi connectivity index (χ0) is 23.6. The number of sulfonamides is 1. The van der Waals surface area contributed by atoms with Gasteiger partial charge >= 0.3 is 0 Å². The van der Waals surface area contributed by atoms with Crippen LogP contribution in [0.2, 0.25) is 0 Å². The van der Waals surface area contributed by atoms with Crippen LogP contribution in [0.1, 0.15) is 28.2 Å². The number of piperidine rings is 1. The molecule has 33 heavy (non-hydrogen) atoms. The van der Waals surface area contributed by atoms with Gasteiger partial charge < -0.3 is 5.11 Å². The first-order valence-corrected chi connectivity index (χ1v) is 12.5. The Bertz CT molecular complexity index is 1270. The topological polar surface area (TPSA) is 134 Å². The summed E-state index contributed by atoms with van der Waals surface area (Å²) in [7, 11) is -3.67. The average molecular weight is 490 g/mol. The molecule has 0 radical (unpaired) electrons. The standard InChI is InChI=1S/C21H23N5O5S2/c1-14-9-10-18(32-14)33(30,31)25-11-5-6-15(12-25)20(28)22-23-21(29)19-17(27)13-26(24-19)16-7-3-2-4-8-16/h2-4,7-10,13,15,27H,5-6,11-12H2,1H3,(H,22,28)(H,23,29). The van der Waals surface area contributed by atoms with E-state index in [4.69, 9.17) is 0 Å². The van der Waals surface area contributed by atoms with Crippen LogP contribution in [0.25, 0.3) is 5.69 Å². The zero-order valence-corrected chi connectivity index (χ0v) is 19.4. The molecular weight excluding hydrogens is 466 g/mol. The monoisotopic (exact) mass is 489 g/mol. The van der Waals surface area contributed by atoms with Crippen LogP contribution in [0.5, 0.6) is 5.75 Å². The molecule has 1 fully saturated rings. The SMILES string of the molecule is Cc1ccc(S(=O)(=O)N2CCCC(C(=O)NNC(=O)c3nn(-c4ccccc4)cc3O)C2)s1. The Labute approximate surface area is 194 Å². The van der Waals surface area contributed by atoms with E-state index in [1.54, 1.807) is 36.4 Å². The lowest BCUT2D eigenvalue weighted by molar-refractivity contribution is -0.126. The summed E-state index contributed by atoms with van der Waals surface area (Å²) in [5, 5.41) is 14.1. The van der Waals surface area contributed by atoms with Crippen LogP contribution < -0.4 is 10.9 Å². The second-order valence-electron chi connectivity index (χ2n) is 7.65. The first-order chi connectivity index (χ1) is 15.8. The second kappa shape index (κ2) is 9.33. The number of aromatic nitrogens is 2. The fourth-order valence-corrected chi connectivity index (χ4v) is 6.53. The Kier molecular flexibility index (Phi) is 6.49. The van der Waals surface area contributed by atoms with Gasteiger partial charge in [-0.3, -0.25) is 20.4 Å². The lowest BCUT2D eigenvalue weighted by atomic mass is 9.99. The van der Waals surface area contributed by atoms with Crippen molar-refractivity contribution in [2.45, 2.75) is 24.0 Å². The fraction of sp³-hybridized carbons (Fsp3) is 0.286. The van der Waals surface area contributed by atoms with E-state index in [1.165, 1.54) is 26.5 Å². The molecule has 1 atom stereocenters. The van der Waals surface area contributed by atoms with E-state index < -0.39 is 27.8 Å². The molecule has 1 aliphatic rings. The Morgan fingerprint density at radius 2 is 1.91 bits per heavy atom. The number of thiophene rings is 1. The van der Waals surface area contributed by atoms with Gasteiger partial charge in [-0.05, 0) is 44.0 Å². The first-order valence-electron chi connectivity index (χ1n) is 10.3. The molecule has 1 saturated heterocycles. The number of nitrogens with one attached hydrogen (secondary N) is 2. The summed E-state index contributed by atoms with van der Waals surface area (Å²) >= 11 is 1.19. The summed E-state index contributed by atoms with van der Waals surface area (Å²) in [6.45, 7) is 2.19. The molecule has 2 aromatic heterocycles. The number of carbonyl (C=O) groups excluding carboxylic acids is 2. The van der Waals surface area contributed by atoms with E-state index >= 15 is 0 Å². The molecule has 10 nitrogen and oxygen atoms in total. The van der Waals surface area contributed by atoms with Crippen molar-refractivity contribution in [2.24, 2.45) is 5.92 Å². The quantitative estimate of drug-likeness (QED) is 0.468. The third-order valence-electron chi connectivity index (χ3n) is 5.29. The highest BCUT2D eigenvalue weighted by Crippen LogP contribution is 2.28. The molecule has 0 spiro atoms. The van der Waals surface area contributed by atoms with Crippen molar-refractivity contribution in [3.63, 3.8) is 0 Å². The van der Waals surface area contributed by atoms with E-state index in [2.05, 4.69) is 16.0 Å². The maximum Gasteiger partial charge on any atom is 0.294 e. The van der Waals surface area contributed by atoms with Gasteiger partial charge in [0, 0.05) is 18.0 Å². The van der Waals surface area contributed by atoms with Gasteiger partial charge in [0.15, 0.2) is 11.4 Å². The molecular formula is C21H23N5O5S2. The average Bonchev–Trinajstić information content (AvgIpc) is 3.44. The van der Waals surface area contributed by atoms with E-state index in [0.717, 1.165) is 4.88 Å². The molecule has 1 aliphatic heterocycles. The number of rotatable bonds is 5. The highest BCUT2D eigenvalue weighted by atomic mass is 32.2. The van der Waals surface area contributed by atoms with E-state index in [-0.39, 0.29) is 22.2 Å². The largest absolute Gasteiger partial charge is 0.504 e. The van der Waals surface area contributed by atoms with Gasteiger partial charge in [-0.15, -0.1) is 11.3 Å². The van der Waals surface area contributed by atoms with Crippen LogP contribution in [-0.2, 0) is 14.8 Å². The Morgan fingerprint density at radius 3 is 2.61 bits per heavy atom. The summed E-state index contributed by atoms with van der Waals surface area (Å²) in [6, 6.07) is 12.3. The number of carbonyl (C=O) groups is 2. The number of aryl methyl sites for hydroxylation is 1. The van der Waals surface area contributed by atoms with Crippen LogP contribution in [0.3, 0.4) is 0 Å². The van der Waals surface area contributed by atoms with Crippen molar-refractivity contribution >= 4 is 33.2 Å². The summed E-state index contributed by atoms with van der Waals surface area (Å²) in [4.78, 5) is 26.0. The maximum absolute atomic E-state index is 12.9. The number of para-hydroxylation sites is 1. The Hall–Kier alpha value is -3.22. The molecule has 0 aliphatic carbocycles. The number of aromatic hydroxyl groups is 1. The maximum atomic E-state index is 12.9. The van der Waals surface area contributed by atoms with Crippen molar-refractivity contribution in [2.75, 3.05) is 13.1 Å². The van der Waals surface area contributed by atoms with Gasteiger partial charge in [0.1, 0.15) is 4.21 Å². The number of hydrogen-bond acceptors (Lipinski definition) is 7. The van der Waals surface area contributed by atoms with Gasteiger partial charge in [0.2, 0.25) is 5.91 Å². The second-order valence-corrected chi connectivity index (χ2v) is 11.1. The summed E-state index contributed by atoms with van der Waals surface area (Å²) in [5.41, 5.74) is 4.98. The Balaban J connectivity index is 1.38. The normalized spacial score (nSPS) is 16.9. The van der Waals surface area contributed by atoms with Gasteiger partial charge in [-0.2, -0.15) is 9.40 Å². The highest BCUT2D eigenvalue weighted by molar-refractivity contribution is 7.91. The van der Waals surface area contributed by atoms with Crippen molar-refractivity contribution in [3.05, 3.63) is 59.2 Å². The van der Waals surface area contributed by atoms with Gasteiger partial charge in [0.05, 0.1) is 17.8 Å². The molecule has 2 amide bonds. The minimum absolute atomic E-state index is 0.0227. The predicted octanol–water partition coefficient (Wildman–Crippen LogP) is 1.81. The molecule has 3 N–H and O–H groups in total. The smallest absolute Gasteiger partial charge is 0.294 e. The number of amides is 2. The van der Waals surface area contributed by atoms with Crippen molar-refractivity contribution in [1.82, 2.24) is 24.9 Å². The molecule has 174 valence electrons. The van der Waals surface area contributed by atoms with E-state index in [9.17, 15) is 23.1 Å². The lowest BCUT2D eigenvalue weighted by Gasteiger charge is -2.30. The molecule has 3 aromatic rings. The van der Waals surface area contributed by atoms with E-state index in [0.29, 0.717) is 25.1 Å². The number of nitrogens with zero attached hydrogens (tertiary/aromatic N) is 3. The third-order valence-corrected chi connectivity index (χ3v) is 8.63. The van der Waals surface area contributed by atoms with Gasteiger partial charge in [-0.1, -0.05) is 18.2 Å². The molecule has 4 rings (SSSR count). The number of hydrogen-bond donors (Lipinski definition) is 3. The minimum Gasteiger partial charge on any atom is -0.504 e. The van der Waals surface area contributed by atoms with Crippen LogP contribution >= 0.6 is 11.3 Å².